The molecule has 0 aliphatic rings. The molecule has 2 rings (SSSR count). The number of thioether (sulfide) groups is 1. The molecule has 2 aromatic rings. The van der Waals surface area contributed by atoms with Gasteiger partial charge in [-0.1, -0.05) is 62.9 Å². The third-order valence-electron chi connectivity index (χ3n) is 3.38. The maximum absolute atomic E-state index is 12.8. The van der Waals surface area contributed by atoms with Crippen LogP contribution in [0.2, 0.25) is 0 Å². The Kier molecular flexibility index (Phi) is 4.81. The van der Waals surface area contributed by atoms with Crippen LogP contribution in [0.1, 0.15) is 27.7 Å². The summed E-state index contributed by atoms with van der Waals surface area (Å²) in [6.07, 6.45) is 1.85. The Morgan fingerprint density at radius 3 is 2.36 bits per heavy atom. The van der Waals surface area contributed by atoms with E-state index in [1.54, 1.807) is 0 Å². The summed E-state index contributed by atoms with van der Waals surface area (Å²) < 4.78 is 1.35. The molecule has 5 nitrogen and oxygen atoms in total. The highest BCUT2D eigenvalue weighted by Gasteiger charge is 2.18. The Balaban J connectivity index is 2.65. The summed E-state index contributed by atoms with van der Waals surface area (Å²) in [5.41, 5.74) is 1.53. The summed E-state index contributed by atoms with van der Waals surface area (Å²) in [5, 5.41) is 13.2. The normalized spacial score (nSPS) is 12.5. The molecule has 6 heteroatoms. The van der Waals surface area contributed by atoms with E-state index in [-0.39, 0.29) is 11.0 Å². The Hall–Kier alpha value is -1.95. The molecule has 0 radical (unpaired) electrons. The molecule has 1 heterocycles. The van der Waals surface area contributed by atoms with Crippen molar-refractivity contribution in [3.8, 4) is 11.3 Å². The smallest absolute Gasteiger partial charge is 0.265 e. The molecule has 0 aliphatic heterocycles. The fraction of sp³-hybridized carbons (Fsp3) is 0.375. The molecular formula is C16H20N4OS. The summed E-state index contributed by atoms with van der Waals surface area (Å²) in [6, 6.07) is 9.32. The van der Waals surface area contributed by atoms with Gasteiger partial charge in [0.1, 0.15) is 0 Å². The predicted molar refractivity (Wildman–Crippen MR) is 91.5 cm³/mol. The molecule has 0 spiro atoms. The van der Waals surface area contributed by atoms with E-state index in [0.29, 0.717) is 10.9 Å². The van der Waals surface area contributed by atoms with Gasteiger partial charge < -0.3 is 0 Å². The third-order valence-corrected chi connectivity index (χ3v) is 4.00. The molecular weight excluding hydrogens is 296 g/mol. The number of hydrogen-bond donors (Lipinski definition) is 0. The van der Waals surface area contributed by atoms with Crippen LogP contribution in [-0.4, -0.2) is 26.8 Å². The van der Waals surface area contributed by atoms with Crippen LogP contribution in [-0.2, 0) is 0 Å². The molecule has 116 valence electrons. The van der Waals surface area contributed by atoms with E-state index >= 15 is 0 Å². The van der Waals surface area contributed by atoms with Crippen LogP contribution in [0.4, 0.5) is 0 Å². The van der Waals surface area contributed by atoms with Gasteiger partial charge in [-0.15, -0.1) is 10.2 Å². The lowest BCUT2D eigenvalue weighted by atomic mass is 9.91. The lowest BCUT2D eigenvalue weighted by molar-refractivity contribution is 0.565. The fourth-order valence-corrected chi connectivity index (χ4v) is 2.08. The zero-order chi connectivity index (χ0) is 16.3. The lowest BCUT2D eigenvalue weighted by Gasteiger charge is -2.18. The number of benzene rings is 1. The van der Waals surface area contributed by atoms with Crippen molar-refractivity contribution in [3.63, 3.8) is 0 Å². The predicted octanol–water partition coefficient (Wildman–Crippen LogP) is 3.30. The van der Waals surface area contributed by atoms with Gasteiger partial charge in [0.05, 0.1) is 0 Å². The van der Waals surface area contributed by atoms with Crippen LogP contribution in [0.3, 0.4) is 0 Å². The van der Waals surface area contributed by atoms with Crippen molar-refractivity contribution in [2.75, 3.05) is 6.26 Å². The fourth-order valence-electron chi connectivity index (χ4n) is 1.66. The van der Waals surface area contributed by atoms with Gasteiger partial charge >= 0.3 is 5.56 Å². The first-order valence-corrected chi connectivity index (χ1v) is 8.22. The van der Waals surface area contributed by atoms with Gasteiger partial charge in [0.2, 0.25) is 5.16 Å². The molecule has 1 aromatic carbocycles. The molecule has 0 saturated heterocycles. The van der Waals surface area contributed by atoms with Crippen LogP contribution in [0.5, 0.6) is 0 Å². The average molecular weight is 316 g/mol. The summed E-state index contributed by atoms with van der Waals surface area (Å²) in [5.74, 6) is 0. The van der Waals surface area contributed by atoms with Crippen LogP contribution in [0.25, 0.3) is 11.3 Å². The highest BCUT2D eigenvalue weighted by atomic mass is 32.2. The Labute approximate surface area is 134 Å². The average Bonchev–Trinajstić information content (AvgIpc) is 2.49. The van der Waals surface area contributed by atoms with Crippen LogP contribution < -0.4 is 5.56 Å². The molecule has 0 bridgehead atoms. The number of rotatable bonds is 3. The van der Waals surface area contributed by atoms with Crippen molar-refractivity contribution in [3.05, 3.63) is 40.7 Å². The molecule has 0 unspecified atom stereocenters. The molecule has 0 aliphatic carbocycles. The summed E-state index contributed by atoms with van der Waals surface area (Å²) in [7, 11) is 0. The summed E-state index contributed by atoms with van der Waals surface area (Å²) in [4.78, 5) is 12.8. The molecule has 1 aromatic heterocycles. The van der Waals surface area contributed by atoms with E-state index in [2.05, 4.69) is 36.1 Å². The number of hydrogen-bond acceptors (Lipinski definition) is 5. The van der Waals surface area contributed by atoms with Crippen LogP contribution >= 0.6 is 11.8 Å². The van der Waals surface area contributed by atoms with Crippen molar-refractivity contribution in [2.45, 2.75) is 32.9 Å². The second-order valence-electron chi connectivity index (χ2n) is 5.95. The second-order valence-corrected chi connectivity index (χ2v) is 6.73. The first kappa shape index (κ1) is 16.4. The van der Waals surface area contributed by atoms with Gasteiger partial charge in [-0.3, -0.25) is 4.79 Å². The van der Waals surface area contributed by atoms with Crippen molar-refractivity contribution in [1.29, 1.82) is 0 Å². The first-order valence-electron chi connectivity index (χ1n) is 7.00. The van der Waals surface area contributed by atoms with Gasteiger partial charge in [0.15, 0.2) is 5.69 Å². The molecule has 22 heavy (non-hydrogen) atoms. The summed E-state index contributed by atoms with van der Waals surface area (Å²) >= 11 is 1.35. The zero-order valence-corrected chi connectivity index (χ0v) is 14.3. The highest BCUT2D eigenvalue weighted by molar-refractivity contribution is 7.98. The Bertz CT molecular complexity index is 745. The van der Waals surface area contributed by atoms with E-state index in [4.69, 9.17) is 0 Å². The topological polar surface area (TPSA) is 60.1 Å². The maximum Gasteiger partial charge on any atom is 0.301 e. The minimum atomic E-state index is -0.255. The molecule has 0 N–H and O–H groups in total. The quantitative estimate of drug-likeness (QED) is 0.644. The van der Waals surface area contributed by atoms with Crippen molar-refractivity contribution in [2.24, 2.45) is 10.5 Å². The monoisotopic (exact) mass is 316 g/mol. The van der Waals surface area contributed by atoms with E-state index in [9.17, 15) is 4.79 Å². The second kappa shape index (κ2) is 6.44. The van der Waals surface area contributed by atoms with Gasteiger partial charge in [-0.05, 0) is 13.2 Å². The van der Waals surface area contributed by atoms with E-state index in [1.165, 1.54) is 16.4 Å². The number of nitrogens with zero attached hydrogens (tertiary/aromatic N) is 4. The van der Waals surface area contributed by atoms with Crippen LogP contribution in [0, 0.1) is 5.41 Å². The molecule has 0 fully saturated rings. The van der Waals surface area contributed by atoms with Gasteiger partial charge in [-0.25, -0.2) is 0 Å². The minimum Gasteiger partial charge on any atom is -0.265 e. The van der Waals surface area contributed by atoms with Gasteiger partial charge in [0.25, 0.3) is 0 Å². The van der Waals surface area contributed by atoms with Crippen molar-refractivity contribution < 1.29 is 0 Å². The highest BCUT2D eigenvalue weighted by Crippen LogP contribution is 2.18. The molecule has 0 atom stereocenters. The molecule has 0 saturated carbocycles. The standard InChI is InChI=1S/C16H20N4OS/c1-11(16(2,3)4)19-20-14(21)13(17-18-15(20)22-5)12-9-7-6-8-10-12/h6-10H,1-5H3. The third kappa shape index (κ3) is 3.44. The van der Waals surface area contributed by atoms with Crippen molar-refractivity contribution in [1.82, 2.24) is 14.9 Å². The number of aromatic nitrogens is 3. The molecule has 0 amide bonds. The first-order chi connectivity index (χ1) is 10.3. The Morgan fingerprint density at radius 1 is 1.18 bits per heavy atom. The Morgan fingerprint density at radius 2 is 1.82 bits per heavy atom. The SMILES string of the molecule is CSc1nnc(-c2ccccc2)c(=O)n1N=C(C)C(C)(C)C. The lowest BCUT2D eigenvalue weighted by Crippen LogP contribution is -2.27. The van der Waals surface area contributed by atoms with E-state index in [0.717, 1.165) is 11.3 Å². The van der Waals surface area contributed by atoms with Crippen LogP contribution in [0.15, 0.2) is 45.4 Å². The maximum atomic E-state index is 12.8. The van der Waals surface area contributed by atoms with Gasteiger partial charge in [-0.2, -0.15) is 9.78 Å². The largest absolute Gasteiger partial charge is 0.301 e. The zero-order valence-electron chi connectivity index (χ0n) is 13.5. The minimum absolute atomic E-state index is 0.120. The van der Waals surface area contributed by atoms with Crippen molar-refractivity contribution >= 4 is 17.5 Å². The van der Waals surface area contributed by atoms with Gasteiger partial charge in [0, 0.05) is 16.7 Å². The summed E-state index contributed by atoms with van der Waals surface area (Å²) in [6.45, 7) is 8.09. The van der Waals surface area contributed by atoms with E-state index < -0.39 is 0 Å². The van der Waals surface area contributed by atoms with E-state index in [1.807, 2.05) is 43.5 Å².